The number of aromatic nitrogens is 1. The van der Waals surface area contributed by atoms with Gasteiger partial charge in [-0.25, -0.2) is 0 Å². The van der Waals surface area contributed by atoms with Crippen LogP contribution in [-0.4, -0.2) is 4.98 Å². The maximum atomic E-state index is 8.99. The maximum absolute atomic E-state index is 8.99. The molecule has 0 unspecified atom stereocenters. The first kappa shape index (κ1) is 10.4. The molecule has 0 saturated carbocycles. The molecule has 1 aromatic heterocycles. The molecular weight excluding hydrogens is 224 g/mol. The number of benzene rings is 2. The predicted octanol–water partition coefficient (Wildman–Crippen LogP) is 3.63. The molecule has 3 rings (SSSR count). The van der Waals surface area contributed by atoms with E-state index in [4.69, 9.17) is 10.00 Å². The molecule has 3 nitrogen and oxygen atoms in total. The van der Waals surface area contributed by atoms with Crippen molar-refractivity contribution < 1.29 is 4.74 Å². The van der Waals surface area contributed by atoms with Crippen LogP contribution < -0.4 is 4.74 Å². The minimum Gasteiger partial charge on any atom is -0.456 e. The van der Waals surface area contributed by atoms with Crippen molar-refractivity contribution in [2.45, 2.75) is 0 Å². The number of hydrogen-bond acceptors (Lipinski definition) is 2. The number of hydrogen-bond donors (Lipinski definition) is 1. The lowest BCUT2D eigenvalue weighted by atomic mass is 10.2. The standard InChI is InChI=1S/C15H9N2O/c16-10-12-3-1-2-4-15(12)18-13-6-5-11-7-8-17-14(11)9-13/h1-6,8-9,17H. The Balaban J connectivity index is 1.98. The Morgan fingerprint density at radius 2 is 2.06 bits per heavy atom. The number of H-pyrrole nitrogens is 1. The predicted molar refractivity (Wildman–Crippen MR) is 68.4 cm³/mol. The van der Waals surface area contributed by atoms with Crippen molar-refractivity contribution in [1.82, 2.24) is 4.98 Å². The lowest BCUT2D eigenvalue weighted by Gasteiger charge is -2.06. The van der Waals surface area contributed by atoms with Crippen LogP contribution in [0.25, 0.3) is 10.9 Å². The third kappa shape index (κ3) is 1.80. The van der Waals surface area contributed by atoms with Gasteiger partial charge in [0.05, 0.1) is 5.56 Å². The monoisotopic (exact) mass is 233 g/mol. The second kappa shape index (κ2) is 4.27. The first-order valence-corrected chi connectivity index (χ1v) is 5.52. The summed E-state index contributed by atoms with van der Waals surface area (Å²) in [5.41, 5.74) is 1.48. The summed E-state index contributed by atoms with van der Waals surface area (Å²) < 4.78 is 5.72. The Hall–Kier alpha value is -2.73. The molecular formula is C15H9N2O. The largest absolute Gasteiger partial charge is 0.456 e. The lowest BCUT2D eigenvalue weighted by Crippen LogP contribution is -1.87. The Labute approximate surface area is 104 Å². The van der Waals surface area contributed by atoms with Crippen molar-refractivity contribution in [3.05, 3.63) is 60.3 Å². The number of fused-ring (bicyclic) bond motifs is 1. The van der Waals surface area contributed by atoms with Crippen LogP contribution in [0, 0.1) is 17.4 Å². The highest BCUT2D eigenvalue weighted by molar-refractivity contribution is 5.80. The number of aromatic amines is 1. The summed E-state index contributed by atoms with van der Waals surface area (Å²) in [4.78, 5) is 3.07. The molecule has 18 heavy (non-hydrogen) atoms. The molecule has 85 valence electrons. The molecule has 0 aliphatic rings. The van der Waals surface area contributed by atoms with Crippen LogP contribution in [0.1, 0.15) is 5.56 Å². The number of para-hydroxylation sites is 1. The number of ether oxygens (including phenoxy) is 1. The second-order valence-corrected chi connectivity index (χ2v) is 3.85. The minimum atomic E-state index is 0.524. The summed E-state index contributed by atoms with van der Waals surface area (Å²) in [6.07, 6.45) is 1.76. The van der Waals surface area contributed by atoms with E-state index in [1.54, 1.807) is 18.3 Å². The molecule has 3 heteroatoms. The number of rotatable bonds is 2. The quantitative estimate of drug-likeness (QED) is 0.734. The van der Waals surface area contributed by atoms with Crippen molar-refractivity contribution in [2.24, 2.45) is 0 Å². The highest BCUT2D eigenvalue weighted by Crippen LogP contribution is 2.27. The fourth-order valence-corrected chi connectivity index (χ4v) is 1.80. The van der Waals surface area contributed by atoms with Crippen molar-refractivity contribution in [1.29, 1.82) is 5.26 Å². The summed E-state index contributed by atoms with van der Waals surface area (Å²) in [5.74, 6) is 1.26. The molecule has 0 spiro atoms. The van der Waals surface area contributed by atoms with Gasteiger partial charge in [-0.05, 0) is 24.3 Å². The van der Waals surface area contributed by atoms with E-state index in [0.29, 0.717) is 17.1 Å². The van der Waals surface area contributed by atoms with E-state index in [-0.39, 0.29) is 0 Å². The maximum Gasteiger partial charge on any atom is 0.145 e. The molecule has 1 N–H and O–H groups in total. The molecule has 0 amide bonds. The number of nitrogens with zero attached hydrogens (tertiary/aromatic N) is 1. The topological polar surface area (TPSA) is 48.8 Å². The van der Waals surface area contributed by atoms with Crippen LogP contribution >= 0.6 is 0 Å². The van der Waals surface area contributed by atoms with Crippen LogP contribution in [0.5, 0.6) is 11.5 Å². The number of nitriles is 1. The zero-order chi connectivity index (χ0) is 12.4. The van der Waals surface area contributed by atoms with Gasteiger partial charge in [0.2, 0.25) is 0 Å². The smallest absolute Gasteiger partial charge is 0.145 e. The Kier molecular flexibility index (Phi) is 2.47. The van der Waals surface area contributed by atoms with Gasteiger partial charge >= 0.3 is 0 Å². The fraction of sp³-hybridized carbons (Fsp3) is 0. The van der Waals surface area contributed by atoms with Gasteiger partial charge in [-0.1, -0.05) is 12.1 Å². The third-order valence-corrected chi connectivity index (χ3v) is 2.68. The van der Waals surface area contributed by atoms with Crippen LogP contribution in [0.3, 0.4) is 0 Å². The molecule has 0 aliphatic heterocycles. The van der Waals surface area contributed by atoms with E-state index in [9.17, 15) is 0 Å². The van der Waals surface area contributed by atoms with Crippen LogP contribution in [0.4, 0.5) is 0 Å². The summed E-state index contributed by atoms with van der Waals surface area (Å²) in [5, 5.41) is 10.0. The molecule has 0 fully saturated rings. The Morgan fingerprint density at radius 3 is 2.94 bits per heavy atom. The van der Waals surface area contributed by atoms with Gasteiger partial charge in [0.1, 0.15) is 17.6 Å². The van der Waals surface area contributed by atoms with Gasteiger partial charge in [0.25, 0.3) is 0 Å². The first-order chi connectivity index (χ1) is 8.86. The zero-order valence-corrected chi connectivity index (χ0v) is 9.47. The molecule has 1 heterocycles. The lowest BCUT2D eigenvalue weighted by molar-refractivity contribution is 0.482. The molecule has 0 atom stereocenters. The zero-order valence-electron chi connectivity index (χ0n) is 9.47. The molecule has 3 aromatic rings. The summed E-state index contributed by atoms with van der Waals surface area (Å²) in [6.45, 7) is 0. The van der Waals surface area contributed by atoms with Gasteiger partial charge in [-0.2, -0.15) is 5.26 Å². The van der Waals surface area contributed by atoms with Crippen molar-refractivity contribution in [2.75, 3.05) is 0 Å². The first-order valence-electron chi connectivity index (χ1n) is 5.52. The van der Waals surface area contributed by atoms with E-state index >= 15 is 0 Å². The Morgan fingerprint density at radius 1 is 1.17 bits per heavy atom. The fourth-order valence-electron chi connectivity index (χ4n) is 1.80. The van der Waals surface area contributed by atoms with E-state index in [0.717, 1.165) is 10.9 Å². The summed E-state index contributed by atoms with van der Waals surface area (Å²) in [6, 6.07) is 18.0. The molecule has 0 saturated heterocycles. The number of nitrogens with one attached hydrogen (secondary N) is 1. The molecule has 2 aromatic carbocycles. The van der Waals surface area contributed by atoms with Crippen molar-refractivity contribution in [3.63, 3.8) is 0 Å². The van der Waals surface area contributed by atoms with Crippen molar-refractivity contribution in [3.8, 4) is 17.6 Å². The molecule has 0 bridgehead atoms. The van der Waals surface area contributed by atoms with E-state index in [1.165, 1.54) is 0 Å². The van der Waals surface area contributed by atoms with Gasteiger partial charge in [0, 0.05) is 29.2 Å². The van der Waals surface area contributed by atoms with Gasteiger partial charge in [-0.3, -0.25) is 0 Å². The van der Waals surface area contributed by atoms with Crippen molar-refractivity contribution >= 4 is 10.9 Å². The van der Waals surface area contributed by atoms with Crippen LogP contribution in [0.2, 0.25) is 0 Å². The highest BCUT2D eigenvalue weighted by atomic mass is 16.5. The summed E-state index contributed by atoms with van der Waals surface area (Å²) in [7, 11) is 0. The normalized spacial score (nSPS) is 10.2. The summed E-state index contributed by atoms with van der Waals surface area (Å²) >= 11 is 0. The van der Waals surface area contributed by atoms with Gasteiger partial charge < -0.3 is 9.72 Å². The third-order valence-electron chi connectivity index (χ3n) is 2.68. The van der Waals surface area contributed by atoms with Crippen LogP contribution in [-0.2, 0) is 0 Å². The SMILES string of the molecule is N#Cc1ccccc1Oc1ccc2[c]c[nH]c2c1. The molecule has 0 aliphatic carbocycles. The average molecular weight is 233 g/mol. The van der Waals surface area contributed by atoms with Gasteiger partial charge in [0.15, 0.2) is 0 Å². The van der Waals surface area contributed by atoms with Gasteiger partial charge in [-0.15, -0.1) is 0 Å². The van der Waals surface area contributed by atoms with Crippen LogP contribution in [0.15, 0.2) is 48.7 Å². The van der Waals surface area contributed by atoms with E-state index in [1.807, 2.05) is 30.3 Å². The second-order valence-electron chi connectivity index (χ2n) is 3.85. The minimum absolute atomic E-state index is 0.524. The van der Waals surface area contributed by atoms with E-state index < -0.39 is 0 Å². The highest BCUT2D eigenvalue weighted by Gasteiger charge is 2.04. The Bertz CT molecular complexity index is 737. The molecule has 1 radical (unpaired) electrons. The van der Waals surface area contributed by atoms with E-state index in [2.05, 4.69) is 17.1 Å². The average Bonchev–Trinajstić information content (AvgIpc) is 2.87.